The second-order valence-corrected chi connectivity index (χ2v) is 7.03. The SMILES string of the molecule is COc1cc(F)cc(-c2cn3nc(-c4[nH]c5ccc(F)cc5c(=O)c4C)nc3cn2)c1. The van der Waals surface area contributed by atoms with Gasteiger partial charge in [0.15, 0.2) is 16.9 Å². The number of hydrogen-bond acceptors (Lipinski definition) is 5. The van der Waals surface area contributed by atoms with Crippen molar-refractivity contribution >= 4 is 16.6 Å². The van der Waals surface area contributed by atoms with Gasteiger partial charge >= 0.3 is 0 Å². The zero-order chi connectivity index (χ0) is 21.7. The molecule has 1 N–H and O–H groups in total. The Morgan fingerprint density at radius 2 is 1.94 bits per heavy atom. The standard InChI is InChI=1S/C22H15F2N5O2/c1-11-20(26-17-4-3-13(23)8-16(17)21(11)30)22-27-19-9-25-18(10-29(19)28-22)12-5-14(24)7-15(6-12)31-2/h3-10H,1-2H3,(H,26,30). The minimum atomic E-state index is -0.483. The van der Waals surface area contributed by atoms with Crippen molar-refractivity contribution in [1.29, 1.82) is 0 Å². The Hall–Kier alpha value is -4.14. The highest BCUT2D eigenvalue weighted by atomic mass is 19.1. The van der Waals surface area contributed by atoms with Gasteiger partial charge in [-0.15, -0.1) is 5.10 Å². The molecule has 0 unspecified atom stereocenters. The predicted octanol–water partition coefficient (Wildman–Crippen LogP) is 3.90. The number of aromatic amines is 1. The van der Waals surface area contributed by atoms with Crippen LogP contribution in [0.5, 0.6) is 5.75 Å². The second-order valence-electron chi connectivity index (χ2n) is 7.03. The molecule has 0 aliphatic rings. The summed E-state index contributed by atoms with van der Waals surface area (Å²) in [6.07, 6.45) is 3.12. The van der Waals surface area contributed by atoms with Crippen LogP contribution in [0.15, 0.2) is 53.6 Å². The molecule has 0 atom stereocenters. The Bertz CT molecular complexity index is 1540. The van der Waals surface area contributed by atoms with Crippen LogP contribution in [-0.2, 0) is 0 Å². The van der Waals surface area contributed by atoms with Crippen molar-refractivity contribution in [2.24, 2.45) is 0 Å². The topological polar surface area (TPSA) is 85.2 Å². The highest BCUT2D eigenvalue weighted by molar-refractivity contribution is 5.82. The van der Waals surface area contributed by atoms with Gasteiger partial charge in [-0.25, -0.2) is 18.3 Å². The van der Waals surface area contributed by atoms with Gasteiger partial charge in [-0.3, -0.25) is 9.78 Å². The first kappa shape index (κ1) is 18.9. The Labute approximate surface area is 174 Å². The lowest BCUT2D eigenvalue weighted by atomic mass is 10.1. The maximum Gasteiger partial charge on any atom is 0.199 e. The zero-order valence-corrected chi connectivity index (χ0v) is 16.5. The van der Waals surface area contributed by atoms with Crippen LogP contribution in [0.25, 0.3) is 39.3 Å². The van der Waals surface area contributed by atoms with Crippen LogP contribution in [0, 0.1) is 18.6 Å². The molecule has 0 aliphatic heterocycles. The van der Waals surface area contributed by atoms with Gasteiger partial charge < -0.3 is 9.72 Å². The summed E-state index contributed by atoms with van der Waals surface area (Å²) in [5.41, 5.74) is 2.43. The van der Waals surface area contributed by atoms with Gasteiger partial charge in [0.25, 0.3) is 0 Å². The van der Waals surface area contributed by atoms with Crippen molar-refractivity contribution in [2.75, 3.05) is 7.11 Å². The molecule has 0 saturated carbocycles. The van der Waals surface area contributed by atoms with E-state index in [1.165, 1.54) is 48.2 Å². The second kappa shape index (κ2) is 6.98. The lowest BCUT2D eigenvalue weighted by molar-refractivity contribution is 0.411. The van der Waals surface area contributed by atoms with E-state index < -0.39 is 11.6 Å². The minimum absolute atomic E-state index is 0.258. The van der Waals surface area contributed by atoms with Crippen molar-refractivity contribution in [2.45, 2.75) is 6.92 Å². The van der Waals surface area contributed by atoms with E-state index in [4.69, 9.17) is 4.74 Å². The van der Waals surface area contributed by atoms with Crippen LogP contribution >= 0.6 is 0 Å². The third-order valence-corrected chi connectivity index (χ3v) is 5.05. The lowest BCUT2D eigenvalue weighted by Gasteiger charge is -2.05. The van der Waals surface area contributed by atoms with E-state index in [-0.39, 0.29) is 16.6 Å². The lowest BCUT2D eigenvalue weighted by Crippen LogP contribution is -2.10. The number of methoxy groups -OCH3 is 1. The van der Waals surface area contributed by atoms with E-state index in [0.29, 0.717) is 39.4 Å². The van der Waals surface area contributed by atoms with Crippen molar-refractivity contribution in [1.82, 2.24) is 24.6 Å². The summed E-state index contributed by atoms with van der Waals surface area (Å²) in [7, 11) is 1.46. The molecular weight excluding hydrogens is 404 g/mol. The summed E-state index contributed by atoms with van der Waals surface area (Å²) < 4.78 is 34.0. The van der Waals surface area contributed by atoms with Gasteiger partial charge in [-0.2, -0.15) is 0 Å². The fourth-order valence-electron chi connectivity index (χ4n) is 3.46. The molecule has 0 spiro atoms. The first-order valence-electron chi connectivity index (χ1n) is 9.33. The molecule has 0 fully saturated rings. The summed E-state index contributed by atoms with van der Waals surface area (Å²) in [5.74, 6) is -0.270. The fraction of sp³-hybridized carbons (Fsp3) is 0.0909. The third-order valence-electron chi connectivity index (χ3n) is 5.05. The summed E-state index contributed by atoms with van der Waals surface area (Å²) in [6, 6.07) is 8.27. The van der Waals surface area contributed by atoms with E-state index in [0.717, 1.165) is 0 Å². The number of pyridine rings is 1. The molecular formula is C22H15F2N5O2. The minimum Gasteiger partial charge on any atom is -0.497 e. The van der Waals surface area contributed by atoms with Gasteiger partial charge in [0.1, 0.15) is 17.4 Å². The van der Waals surface area contributed by atoms with Crippen LogP contribution < -0.4 is 10.2 Å². The van der Waals surface area contributed by atoms with Gasteiger partial charge in [-0.05, 0) is 37.3 Å². The summed E-state index contributed by atoms with van der Waals surface area (Å²) in [6.45, 7) is 1.63. The Kier molecular flexibility index (Phi) is 4.25. The molecule has 5 rings (SSSR count). The quantitative estimate of drug-likeness (QED) is 0.480. The Morgan fingerprint density at radius 1 is 1.10 bits per heavy atom. The van der Waals surface area contributed by atoms with Gasteiger partial charge in [0, 0.05) is 22.6 Å². The van der Waals surface area contributed by atoms with Gasteiger partial charge in [-0.1, -0.05) is 0 Å². The highest BCUT2D eigenvalue weighted by Gasteiger charge is 2.16. The van der Waals surface area contributed by atoms with E-state index in [1.807, 2.05) is 0 Å². The molecule has 0 amide bonds. The first-order valence-corrected chi connectivity index (χ1v) is 9.33. The van der Waals surface area contributed by atoms with Gasteiger partial charge in [0.05, 0.1) is 36.4 Å². The van der Waals surface area contributed by atoms with Crippen LogP contribution in [0.3, 0.4) is 0 Å². The number of aromatic nitrogens is 5. The molecule has 154 valence electrons. The van der Waals surface area contributed by atoms with E-state index >= 15 is 0 Å². The van der Waals surface area contributed by atoms with Crippen LogP contribution in [0.4, 0.5) is 8.78 Å². The van der Waals surface area contributed by atoms with E-state index in [1.54, 1.807) is 19.2 Å². The van der Waals surface area contributed by atoms with Crippen LogP contribution in [0.2, 0.25) is 0 Å². The smallest absolute Gasteiger partial charge is 0.199 e. The summed E-state index contributed by atoms with van der Waals surface area (Å²) in [5, 5.41) is 4.72. The third kappa shape index (κ3) is 3.20. The highest BCUT2D eigenvalue weighted by Crippen LogP contribution is 2.25. The molecule has 31 heavy (non-hydrogen) atoms. The average molecular weight is 419 g/mol. The normalized spacial score (nSPS) is 11.4. The van der Waals surface area contributed by atoms with Gasteiger partial charge in [0.2, 0.25) is 0 Å². The van der Waals surface area contributed by atoms with Crippen molar-refractivity contribution < 1.29 is 13.5 Å². The molecule has 3 heterocycles. The molecule has 0 aliphatic carbocycles. The fourth-order valence-corrected chi connectivity index (χ4v) is 3.46. The molecule has 7 nitrogen and oxygen atoms in total. The van der Waals surface area contributed by atoms with E-state index in [2.05, 4.69) is 20.1 Å². The number of H-pyrrole nitrogens is 1. The van der Waals surface area contributed by atoms with E-state index in [9.17, 15) is 13.6 Å². The number of nitrogens with one attached hydrogen (secondary N) is 1. The van der Waals surface area contributed by atoms with Crippen LogP contribution in [0.1, 0.15) is 5.56 Å². The molecule has 0 saturated heterocycles. The number of hydrogen-bond donors (Lipinski definition) is 1. The zero-order valence-electron chi connectivity index (χ0n) is 16.5. The summed E-state index contributed by atoms with van der Waals surface area (Å²) in [4.78, 5) is 24.6. The molecule has 0 radical (unpaired) electrons. The molecule has 2 aromatic carbocycles. The number of halogens is 2. The maximum absolute atomic E-state index is 13.9. The number of fused-ring (bicyclic) bond motifs is 2. The Morgan fingerprint density at radius 3 is 2.74 bits per heavy atom. The average Bonchev–Trinajstić information content (AvgIpc) is 3.19. The largest absolute Gasteiger partial charge is 0.497 e. The number of rotatable bonds is 3. The Balaban J connectivity index is 1.65. The molecule has 3 aromatic heterocycles. The molecule has 9 heteroatoms. The number of nitrogens with zero attached hydrogens (tertiary/aromatic N) is 4. The number of ether oxygens (including phenoxy) is 1. The maximum atomic E-state index is 13.9. The van der Waals surface area contributed by atoms with Crippen LogP contribution in [-0.4, -0.2) is 31.7 Å². The number of benzene rings is 2. The summed E-state index contributed by atoms with van der Waals surface area (Å²) >= 11 is 0. The predicted molar refractivity (Wildman–Crippen MR) is 111 cm³/mol. The molecule has 0 bridgehead atoms. The first-order chi connectivity index (χ1) is 14.9. The van der Waals surface area contributed by atoms with Crippen molar-refractivity contribution in [3.8, 4) is 28.5 Å². The van der Waals surface area contributed by atoms with Crippen molar-refractivity contribution in [3.63, 3.8) is 0 Å². The molecule has 5 aromatic rings. The van der Waals surface area contributed by atoms with Crippen molar-refractivity contribution in [3.05, 3.63) is 76.2 Å². The monoisotopic (exact) mass is 419 g/mol.